The highest BCUT2D eigenvalue weighted by atomic mass is 16.3. The van der Waals surface area contributed by atoms with Gasteiger partial charge in [-0.3, -0.25) is 4.79 Å². The zero-order valence-corrected chi connectivity index (χ0v) is 10.3. The van der Waals surface area contributed by atoms with E-state index in [9.17, 15) is 4.79 Å². The van der Waals surface area contributed by atoms with Gasteiger partial charge in [0.15, 0.2) is 0 Å². The fraction of sp³-hybridized carbons (Fsp3) is 0.923. The number of rotatable bonds is 12. The van der Waals surface area contributed by atoms with Gasteiger partial charge < -0.3 is 10.2 Å². The van der Waals surface area contributed by atoms with Crippen molar-refractivity contribution in [3.63, 3.8) is 0 Å². The molecule has 3 heteroatoms. The Hall–Kier alpha value is -0.410. The molecule has 0 aromatic carbocycles. The molecule has 0 atom stereocenters. The van der Waals surface area contributed by atoms with Gasteiger partial charge in [-0.1, -0.05) is 25.7 Å². The summed E-state index contributed by atoms with van der Waals surface area (Å²) < 4.78 is 0. The maximum Gasteiger partial charge on any atom is 0.132 e. The quantitative estimate of drug-likeness (QED) is 0.506. The first-order valence-corrected chi connectivity index (χ1v) is 6.54. The highest BCUT2D eigenvalue weighted by molar-refractivity contribution is 5.78. The van der Waals surface area contributed by atoms with E-state index in [1.807, 2.05) is 0 Å². The fourth-order valence-electron chi connectivity index (χ4n) is 1.70. The summed E-state index contributed by atoms with van der Waals surface area (Å²) in [7, 11) is 0. The summed E-state index contributed by atoms with van der Waals surface area (Å²) in [6.07, 6.45) is 9.35. The zero-order chi connectivity index (χ0) is 12.1. The average Bonchev–Trinajstić information content (AvgIpc) is 2.28. The molecule has 0 aliphatic carbocycles. The molecule has 0 aromatic rings. The Morgan fingerprint density at radius 1 is 0.625 bits per heavy atom. The largest absolute Gasteiger partial charge is 0.396 e. The van der Waals surface area contributed by atoms with Gasteiger partial charge in [-0.15, -0.1) is 0 Å². The fourth-order valence-corrected chi connectivity index (χ4v) is 1.70. The van der Waals surface area contributed by atoms with Crippen LogP contribution < -0.4 is 0 Å². The van der Waals surface area contributed by atoms with Crippen LogP contribution in [0.5, 0.6) is 0 Å². The molecule has 0 spiro atoms. The maximum atomic E-state index is 11.3. The highest BCUT2D eigenvalue weighted by Crippen LogP contribution is 2.09. The Labute approximate surface area is 98.9 Å². The van der Waals surface area contributed by atoms with Crippen molar-refractivity contribution in [3.8, 4) is 0 Å². The van der Waals surface area contributed by atoms with E-state index < -0.39 is 0 Å². The number of unbranched alkanes of at least 4 members (excludes halogenated alkanes) is 6. The third-order valence-electron chi connectivity index (χ3n) is 2.73. The van der Waals surface area contributed by atoms with Crippen molar-refractivity contribution in [2.45, 2.75) is 64.2 Å². The Morgan fingerprint density at radius 2 is 1.00 bits per heavy atom. The molecule has 0 radical (unpaired) electrons. The van der Waals surface area contributed by atoms with E-state index >= 15 is 0 Å². The number of aliphatic hydroxyl groups is 2. The van der Waals surface area contributed by atoms with Gasteiger partial charge in [0.05, 0.1) is 0 Å². The molecular weight excluding hydrogens is 204 g/mol. The second-order valence-corrected chi connectivity index (χ2v) is 4.31. The van der Waals surface area contributed by atoms with Crippen molar-refractivity contribution < 1.29 is 15.0 Å². The number of hydrogen-bond donors (Lipinski definition) is 2. The normalized spacial score (nSPS) is 10.6. The number of Topliss-reactive ketones (excluding diaryl/α,β-unsaturated/α-hetero) is 1. The van der Waals surface area contributed by atoms with Gasteiger partial charge in [-0.2, -0.15) is 0 Å². The molecule has 0 bridgehead atoms. The molecule has 0 aliphatic rings. The predicted octanol–water partition coefficient (Wildman–Crippen LogP) is 2.44. The molecule has 0 amide bonds. The lowest BCUT2D eigenvalue weighted by Gasteiger charge is -2.01. The van der Waals surface area contributed by atoms with Crippen LogP contribution in [0, 0.1) is 0 Å². The van der Waals surface area contributed by atoms with E-state index in [-0.39, 0.29) is 6.61 Å². The summed E-state index contributed by atoms with van der Waals surface area (Å²) in [4.78, 5) is 11.3. The van der Waals surface area contributed by atoms with Gasteiger partial charge in [-0.25, -0.2) is 0 Å². The first-order valence-electron chi connectivity index (χ1n) is 6.54. The molecule has 0 saturated heterocycles. The minimum Gasteiger partial charge on any atom is -0.396 e. The number of hydrogen-bond acceptors (Lipinski definition) is 3. The highest BCUT2D eigenvalue weighted by Gasteiger charge is 2.01. The lowest BCUT2D eigenvalue weighted by atomic mass is 10.0. The van der Waals surface area contributed by atoms with Crippen molar-refractivity contribution in [3.05, 3.63) is 0 Å². The summed E-state index contributed by atoms with van der Waals surface area (Å²) in [5.41, 5.74) is 0. The van der Waals surface area contributed by atoms with E-state index in [1.165, 1.54) is 12.8 Å². The van der Waals surface area contributed by atoms with Crippen LogP contribution in [0.25, 0.3) is 0 Å². The summed E-state index contributed by atoms with van der Waals surface area (Å²) in [6, 6.07) is 0. The SMILES string of the molecule is O=C(CCCCO)CCCCCCCCO. The third kappa shape index (κ3) is 11.7. The number of carbonyl (C=O) groups is 1. The predicted molar refractivity (Wildman–Crippen MR) is 65.3 cm³/mol. The standard InChI is InChI=1S/C13H26O3/c14-11-7-4-2-1-3-5-9-13(16)10-6-8-12-15/h14-15H,1-12H2. The van der Waals surface area contributed by atoms with Gasteiger partial charge in [0.1, 0.15) is 5.78 Å². The minimum atomic E-state index is 0.193. The van der Waals surface area contributed by atoms with Crippen LogP contribution in [0.15, 0.2) is 0 Å². The number of aliphatic hydroxyl groups excluding tert-OH is 2. The van der Waals surface area contributed by atoms with Crippen molar-refractivity contribution >= 4 is 5.78 Å². The Balaban J connectivity index is 3.09. The Kier molecular flexibility index (Phi) is 12.3. The van der Waals surface area contributed by atoms with Crippen LogP contribution in [0.3, 0.4) is 0 Å². The first kappa shape index (κ1) is 15.6. The van der Waals surface area contributed by atoms with Gasteiger partial charge >= 0.3 is 0 Å². The van der Waals surface area contributed by atoms with Crippen molar-refractivity contribution in [1.29, 1.82) is 0 Å². The van der Waals surface area contributed by atoms with Crippen LogP contribution in [0.4, 0.5) is 0 Å². The molecule has 3 nitrogen and oxygen atoms in total. The number of ketones is 1. The van der Waals surface area contributed by atoms with Crippen LogP contribution in [0.2, 0.25) is 0 Å². The summed E-state index contributed by atoms with van der Waals surface area (Å²) in [6.45, 7) is 0.488. The van der Waals surface area contributed by atoms with E-state index in [4.69, 9.17) is 10.2 Å². The van der Waals surface area contributed by atoms with Gasteiger partial charge in [0.2, 0.25) is 0 Å². The smallest absolute Gasteiger partial charge is 0.132 e. The third-order valence-corrected chi connectivity index (χ3v) is 2.73. The summed E-state index contributed by atoms with van der Waals surface area (Å²) in [5, 5.41) is 17.1. The Bertz CT molecular complexity index is 157. The monoisotopic (exact) mass is 230 g/mol. The second-order valence-electron chi connectivity index (χ2n) is 4.31. The molecule has 96 valence electrons. The molecule has 16 heavy (non-hydrogen) atoms. The second kappa shape index (κ2) is 12.7. The summed E-state index contributed by atoms with van der Waals surface area (Å²) in [5.74, 6) is 0.337. The lowest BCUT2D eigenvalue weighted by molar-refractivity contribution is -0.119. The first-order chi connectivity index (χ1) is 7.81. The molecule has 0 aromatic heterocycles. The van der Waals surface area contributed by atoms with E-state index in [0.29, 0.717) is 25.2 Å². The molecule has 0 rings (SSSR count). The van der Waals surface area contributed by atoms with E-state index in [2.05, 4.69) is 0 Å². The van der Waals surface area contributed by atoms with Gasteiger partial charge in [0.25, 0.3) is 0 Å². The molecule has 0 aliphatic heterocycles. The minimum absolute atomic E-state index is 0.193. The average molecular weight is 230 g/mol. The number of carbonyl (C=O) groups excluding carboxylic acids is 1. The lowest BCUT2D eigenvalue weighted by Crippen LogP contribution is -1.98. The van der Waals surface area contributed by atoms with E-state index in [1.54, 1.807) is 0 Å². The Morgan fingerprint density at radius 3 is 1.56 bits per heavy atom. The maximum absolute atomic E-state index is 11.3. The van der Waals surface area contributed by atoms with Crippen LogP contribution in [0.1, 0.15) is 64.2 Å². The van der Waals surface area contributed by atoms with Crippen molar-refractivity contribution in [1.82, 2.24) is 0 Å². The molecular formula is C13H26O3. The van der Waals surface area contributed by atoms with E-state index in [0.717, 1.165) is 38.5 Å². The summed E-state index contributed by atoms with van der Waals surface area (Å²) >= 11 is 0. The van der Waals surface area contributed by atoms with Gasteiger partial charge in [0, 0.05) is 26.1 Å². The van der Waals surface area contributed by atoms with Crippen molar-refractivity contribution in [2.75, 3.05) is 13.2 Å². The molecule has 2 N–H and O–H groups in total. The topological polar surface area (TPSA) is 57.5 Å². The van der Waals surface area contributed by atoms with Crippen LogP contribution >= 0.6 is 0 Å². The molecule has 0 unspecified atom stereocenters. The molecule has 0 fully saturated rings. The van der Waals surface area contributed by atoms with Gasteiger partial charge in [-0.05, 0) is 25.7 Å². The molecule has 0 saturated carbocycles. The zero-order valence-electron chi connectivity index (χ0n) is 10.3. The van der Waals surface area contributed by atoms with Crippen LogP contribution in [-0.2, 0) is 4.79 Å². The molecule has 0 heterocycles. The van der Waals surface area contributed by atoms with Crippen molar-refractivity contribution in [2.24, 2.45) is 0 Å². The van der Waals surface area contributed by atoms with Crippen LogP contribution in [-0.4, -0.2) is 29.2 Å².